The highest BCUT2D eigenvalue weighted by Crippen LogP contribution is 2.10. The van der Waals surface area contributed by atoms with Gasteiger partial charge in [0.2, 0.25) is 0 Å². The Morgan fingerprint density at radius 2 is 2.35 bits per heavy atom. The van der Waals surface area contributed by atoms with Gasteiger partial charge in [-0.2, -0.15) is 0 Å². The van der Waals surface area contributed by atoms with Crippen molar-refractivity contribution in [2.24, 2.45) is 0 Å². The fraction of sp³-hybridized carbons (Fsp3) is 0.0769. The molecule has 1 aromatic carbocycles. The number of imidazole rings is 1. The first-order valence-electron chi connectivity index (χ1n) is 5.22. The highest BCUT2D eigenvalue weighted by molar-refractivity contribution is 5.85. The summed E-state index contributed by atoms with van der Waals surface area (Å²) in [5.41, 5.74) is 1.96. The van der Waals surface area contributed by atoms with E-state index in [1.807, 2.05) is 24.3 Å². The topological polar surface area (TPSA) is 66.0 Å². The monoisotopic (exact) mass is 228 g/mol. The number of aliphatic carboxylic acids is 1. The highest BCUT2D eigenvalue weighted by Gasteiger charge is 1.98. The zero-order valence-electron chi connectivity index (χ0n) is 9.13. The van der Waals surface area contributed by atoms with Crippen molar-refractivity contribution in [2.75, 3.05) is 0 Å². The molecule has 0 saturated heterocycles. The van der Waals surface area contributed by atoms with Gasteiger partial charge in [-0.1, -0.05) is 24.3 Å². The van der Waals surface area contributed by atoms with Gasteiger partial charge >= 0.3 is 5.97 Å². The standard InChI is InChI=1S/C13H12N2O2/c16-13(17)5-4-10-2-1-3-11(8-10)9-12-14-6-7-15-12/h1-8H,9H2,(H,14,15)(H,16,17). The summed E-state index contributed by atoms with van der Waals surface area (Å²) in [6.07, 6.45) is 6.91. The smallest absolute Gasteiger partial charge is 0.328 e. The zero-order chi connectivity index (χ0) is 12.1. The molecule has 4 nitrogen and oxygen atoms in total. The van der Waals surface area contributed by atoms with E-state index < -0.39 is 5.97 Å². The van der Waals surface area contributed by atoms with Crippen molar-refractivity contribution in [2.45, 2.75) is 6.42 Å². The summed E-state index contributed by atoms with van der Waals surface area (Å²) < 4.78 is 0. The number of aromatic amines is 1. The number of nitrogens with one attached hydrogen (secondary N) is 1. The minimum Gasteiger partial charge on any atom is -0.478 e. The fourth-order valence-corrected chi connectivity index (χ4v) is 1.56. The molecule has 0 aliphatic heterocycles. The molecule has 2 rings (SSSR count). The molecule has 2 N–H and O–H groups in total. The van der Waals surface area contributed by atoms with E-state index in [9.17, 15) is 4.79 Å². The quantitative estimate of drug-likeness (QED) is 0.787. The Hall–Kier alpha value is -2.36. The Morgan fingerprint density at radius 1 is 1.47 bits per heavy atom. The third-order valence-electron chi connectivity index (χ3n) is 2.30. The molecule has 86 valence electrons. The molecule has 0 aliphatic carbocycles. The molecule has 0 atom stereocenters. The van der Waals surface area contributed by atoms with Crippen LogP contribution in [0.5, 0.6) is 0 Å². The van der Waals surface area contributed by atoms with Crippen LogP contribution in [0.4, 0.5) is 0 Å². The Kier molecular flexibility index (Phi) is 3.35. The largest absolute Gasteiger partial charge is 0.478 e. The molecule has 0 aliphatic rings. The number of hydrogen-bond donors (Lipinski definition) is 2. The summed E-state index contributed by atoms with van der Waals surface area (Å²) in [5.74, 6) is -0.0502. The first-order chi connectivity index (χ1) is 8.24. The molecule has 0 amide bonds. The van der Waals surface area contributed by atoms with Crippen molar-refractivity contribution in [1.82, 2.24) is 9.97 Å². The van der Waals surface area contributed by atoms with E-state index in [1.165, 1.54) is 0 Å². The van der Waals surface area contributed by atoms with Crippen LogP contribution in [0.15, 0.2) is 42.7 Å². The first-order valence-corrected chi connectivity index (χ1v) is 5.22. The van der Waals surface area contributed by atoms with E-state index in [-0.39, 0.29) is 0 Å². The van der Waals surface area contributed by atoms with E-state index >= 15 is 0 Å². The first kappa shape index (κ1) is 11.1. The van der Waals surface area contributed by atoms with Crippen LogP contribution in [0.3, 0.4) is 0 Å². The predicted octanol–water partition coefficient (Wildman–Crippen LogP) is 2.10. The average molecular weight is 228 g/mol. The second kappa shape index (κ2) is 5.12. The number of hydrogen-bond acceptors (Lipinski definition) is 2. The molecule has 2 aromatic rings. The maximum absolute atomic E-state index is 10.4. The molecule has 0 bridgehead atoms. The third kappa shape index (κ3) is 3.31. The van der Waals surface area contributed by atoms with Crippen molar-refractivity contribution in [3.8, 4) is 0 Å². The Balaban J connectivity index is 2.14. The van der Waals surface area contributed by atoms with Gasteiger partial charge < -0.3 is 10.1 Å². The lowest BCUT2D eigenvalue weighted by atomic mass is 10.1. The second-order valence-corrected chi connectivity index (χ2v) is 3.63. The summed E-state index contributed by atoms with van der Waals surface area (Å²) in [6, 6.07) is 7.70. The van der Waals surface area contributed by atoms with Gasteiger partial charge in [-0.05, 0) is 17.2 Å². The van der Waals surface area contributed by atoms with E-state index in [1.54, 1.807) is 18.5 Å². The molecule has 17 heavy (non-hydrogen) atoms. The van der Waals surface area contributed by atoms with Gasteiger partial charge in [-0.3, -0.25) is 0 Å². The number of carbonyl (C=O) groups is 1. The molecule has 0 spiro atoms. The van der Waals surface area contributed by atoms with E-state index in [0.717, 1.165) is 23.0 Å². The third-order valence-corrected chi connectivity index (χ3v) is 2.30. The molecule has 4 heteroatoms. The average Bonchev–Trinajstić information content (AvgIpc) is 2.80. The molecule has 0 radical (unpaired) electrons. The number of H-pyrrole nitrogens is 1. The minimum absolute atomic E-state index is 0.710. The van der Waals surface area contributed by atoms with Crippen LogP contribution in [0.25, 0.3) is 6.08 Å². The van der Waals surface area contributed by atoms with Crippen LogP contribution in [-0.2, 0) is 11.2 Å². The SMILES string of the molecule is O=C(O)C=Cc1cccc(Cc2ncc[nH]2)c1. The van der Waals surface area contributed by atoms with Gasteiger partial charge in [-0.25, -0.2) is 9.78 Å². The number of rotatable bonds is 4. The number of aromatic nitrogens is 2. The van der Waals surface area contributed by atoms with Crippen LogP contribution in [-0.4, -0.2) is 21.0 Å². The molecule has 0 unspecified atom stereocenters. The maximum Gasteiger partial charge on any atom is 0.328 e. The van der Waals surface area contributed by atoms with Crippen LogP contribution in [0, 0.1) is 0 Å². The number of nitrogens with zero attached hydrogens (tertiary/aromatic N) is 1. The molecular formula is C13H12N2O2. The molecule has 1 aromatic heterocycles. The van der Waals surface area contributed by atoms with E-state index in [2.05, 4.69) is 9.97 Å². The molecular weight excluding hydrogens is 216 g/mol. The molecule has 0 saturated carbocycles. The summed E-state index contributed by atoms with van der Waals surface area (Å²) in [6.45, 7) is 0. The number of carboxylic acids is 1. The van der Waals surface area contributed by atoms with E-state index in [4.69, 9.17) is 5.11 Å². The van der Waals surface area contributed by atoms with Crippen LogP contribution in [0.2, 0.25) is 0 Å². The lowest BCUT2D eigenvalue weighted by molar-refractivity contribution is -0.131. The van der Waals surface area contributed by atoms with Crippen molar-refractivity contribution < 1.29 is 9.90 Å². The van der Waals surface area contributed by atoms with Crippen molar-refractivity contribution in [3.05, 3.63) is 59.7 Å². The Labute approximate surface area is 98.6 Å². The van der Waals surface area contributed by atoms with Gasteiger partial charge in [0, 0.05) is 24.9 Å². The molecule has 0 fully saturated rings. The van der Waals surface area contributed by atoms with Gasteiger partial charge in [0.15, 0.2) is 0 Å². The normalized spacial score (nSPS) is 10.8. The number of benzene rings is 1. The lowest BCUT2D eigenvalue weighted by Crippen LogP contribution is -1.91. The van der Waals surface area contributed by atoms with Crippen LogP contribution >= 0.6 is 0 Å². The van der Waals surface area contributed by atoms with Crippen molar-refractivity contribution >= 4 is 12.0 Å². The van der Waals surface area contributed by atoms with Crippen molar-refractivity contribution in [3.63, 3.8) is 0 Å². The fourth-order valence-electron chi connectivity index (χ4n) is 1.56. The number of carboxylic acid groups (broad SMARTS) is 1. The summed E-state index contributed by atoms with van der Waals surface area (Å²) in [4.78, 5) is 17.6. The summed E-state index contributed by atoms with van der Waals surface area (Å²) in [5, 5.41) is 8.55. The lowest BCUT2D eigenvalue weighted by Gasteiger charge is -2.00. The van der Waals surface area contributed by atoms with Gasteiger partial charge in [-0.15, -0.1) is 0 Å². The maximum atomic E-state index is 10.4. The minimum atomic E-state index is -0.943. The Bertz CT molecular complexity index is 530. The van der Waals surface area contributed by atoms with Gasteiger partial charge in [0.05, 0.1) is 0 Å². The summed E-state index contributed by atoms with van der Waals surface area (Å²) >= 11 is 0. The summed E-state index contributed by atoms with van der Waals surface area (Å²) in [7, 11) is 0. The van der Waals surface area contributed by atoms with E-state index in [0.29, 0.717) is 6.42 Å². The van der Waals surface area contributed by atoms with Gasteiger partial charge in [0.1, 0.15) is 5.82 Å². The van der Waals surface area contributed by atoms with Gasteiger partial charge in [0.25, 0.3) is 0 Å². The van der Waals surface area contributed by atoms with Crippen LogP contribution in [0.1, 0.15) is 17.0 Å². The zero-order valence-corrected chi connectivity index (χ0v) is 9.13. The second-order valence-electron chi connectivity index (χ2n) is 3.63. The predicted molar refractivity (Wildman–Crippen MR) is 64.5 cm³/mol. The van der Waals surface area contributed by atoms with Crippen LogP contribution < -0.4 is 0 Å². The van der Waals surface area contributed by atoms with Crippen molar-refractivity contribution in [1.29, 1.82) is 0 Å². The Morgan fingerprint density at radius 3 is 3.06 bits per heavy atom. The highest BCUT2D eigenvalue weighted by atomic mass is 16.4. The molecule has 1 heterocycles.